The van der Waals surface area contributed by atoms with Crippen LogP contribution in [0, 0.1) is 11.3 Å². The fraction of sp³-hybridized carbons (Fsp3) is 0.440. The Labute approximate surface area is 174 Å². The van der Waals surface area contributed by atoms with Crippen molar-refractivity contribution in [2.75, 3.05) is 31.1 Å². The van der Waals surface area contributed by atoms with E-state index in [0.717, 1.165) is 44.7 Å². The maximum absolute atomic E-state index is 12.7. The van der Waals surface area contributed by atoms with Crippen LogP contribution in [0.25, 0.3) is 0 Å². The Hall–Kier alpha value is -2.80. The van der Waals surface area contributed by atoms with E-state index in [1.54, 1.807) is 0 Å². The number of carbonyl (C=O) groups is 1. The third-order valence-electron chi connectivity index (χ3n) is 5.66. The molecule has 1 saturated heterocycles. The number of rotatable bonds is 4. The molecule has 0 bridgehead atoms. The van der Waals surface area contributed by atoms with E-state index >= 15 is 0 Å². The summed E-state index contributed by atoms with van der Waals surface area (Å²) in [7, 11) is 0. The van der Waals surface area contributed by atoms with E-state index in [1.165, 1.54) is 11.1 Å². The van der Waals surface area contributed by atoms with Gasteiger partial charge in [-0.25, -0.2) is 0 Å². The lowest BCUT2D eigenvalue weighted by atomic mass is 9.86. The monoisotopic (exact) mass is 389 g/mol. The third-order valence-corrected chi connectivity index (χ3v) is 5.66. The minimum atomic E-state index is 0.154. The predicted octanol–water partition coefficient (Wildman–Crippen LogP) is 4.53. The molecule has 0 saturated carbocycles. The average Bonchev–Trinajstić information content (AvgIpc) is 2.98. The Morgan fingerprint density at radius 1 is 0.966 bits per heavy atom. The molecule has 1 aliphatic heterocycles. The van der Waals surface area contributed by atoms with Crippen LogP contribution in [0.15, 0.2) is 48.5 Å². The summed E-state index contributed by atoms with van der Waals surface area (Å²) in [6, 6.07) is 18.5. The lowest BCUT2D eigenvalue weighted by Gasteiger charge is -2.24. The van der Waals surface area contributed by atoms with E-state index in [9.17, 15) is 4.79 Å². The number of aryl methyl sites for hydroxylation is 1. The molecule has 0 N–H and O–H groups in total. The fourth-order valence-corrected chi connectivity index (χ4v) is 3.75. The number of benzene rings is 2. The number of amides is 1. The highest BCUT2D eigenvalue weighted by atomic mass is 16.2. The zero-order chi connectivity index (χ0) is 20.9. The quantitative estimate of drug-likeness (QED) is 0.772. The van der Waals surface area contributed by atoms with Crippen molar-refractivity contribution in [3.05, 3.63) is 65.2 Å². The molecule has 0 aromatic heterocycles. The van der Waals surface area contributed by atoms with Gasteiger partial charge in [0.15, 0.2) is 0 Å². The van der Waals surface area contributed by atoms with Crippen molar-refractivity contribution in [1.29, 1.82) is 5.26 Å². The summed E-state index contributed by atoms with van der Waals surface area (Å²) in [4.78, 5) is 17.1. The van der Waals surface area contributed by atoms with Gasteiger partial charge in [-0.1, -0.05) is 45.0 Å². The Morgan fingerprint density at radius 2 is 1.66 bits per heavy atom. The van der Waals surface area contributed by atoms with Crippen LogP contribution >= 0.6 is 0 Å². The number of nitriles is 1. The summed E-state index contributed by atoms with van der Waals surface area (Å²) in [5.41, 5.74) is 4.50. The fourth-order valence-electron chi connectivity index (χ4n) is 3.75. The Kier molecular flexibility index (Phi) is 6.59. The highest BCUT2D eigenvalue weighted by molar-refractivity contribution is 5.76. The van der Waals surface area contributed by atoms with E-state index in [4.69, 9.17) is 5.26 Å². The number of anilines is 1. The first kappa shape index (κ1) is 20.9. The van der Waals surface area contributed by atoms with Crippen molar-refractivity contribution < 1.29 is 4.79 Å². The molecule has 4 nitrogen and oxygen atoms in total. The summed E-state index contributed by atoms with van der Waals surface area (Å²) < 4.78 is 0. The molecule has 0 spiro atoms. The normalized spacial score (nSPS) is 15.0. The number of carbonyl (C=O) groups excluding carboxylic acids is 1. The Morgan fingerprint density at radius 3 is 2.28 bits per heavy atom. The molecule has 0 aliphatic carbocycles. The van der Waals surface area contributed by atoms with Gasteiger partial charge in [0.1, 0.15) is 0 Å². The smallest absolute Gasteiger partial charge is 0.222 e. The second kappa shape index (κ2) is 9.13. The minimum absolute atomic E-state index is 0.154. The van der Waals surface area contributed by atoms with Crippen LogP contribution in [0.1, 0.15) is 50.3 Å². The van der Waals surface area contributed by atoms with Gasteiger partial charge >= 0.3 is 0 Å². The Balaban J connectivity index is 1.52. The molecule has 1 amide bonds. The van der Waals surface area contributed by atoms with Crippen LogP contribution in [0.4, 0.5) is 5.69 Å². The molecule has 1 heterocycles. The molecular formula is C25H31N3O. The first-order valence-corrected chi connectivity index (χ1v) is 10.5. The topological polar surface area (TPSA) is 47.3 Å². The van der Waals surface area contributed by atoms with Crippen molar-refractivity contribution in [2.24, 2.45) is 0 Å². The first-order valence-electron chi connectivity index (χ1n) is 10.5. The summed E-state index contributed by atoms with van der Waals surface area (Å²) in [5.74, 6) is 0.242. The standard InChI is InChI=1S/C25H31N3O/c1-25(2,3)22-10-5-20(6-11-22)9-14-24(29)28-16-4-15-27(17-18-28)23-12-7-21(19-26)8-13-23/h5-8,10-13H,4,9,14-18H2,1-3H3. The van der Waals surface area contributed by atoms with Gasteiger partial charge in [0.05, 0.1) is 11.6 Å². The number of nitrogens with zero attached hydrogens (tertiary/aromatic N) is 3. The summed E-state index contributed by atoms with van der Waals surface area (Å²) in [6.07, 6.45) is 2.32. The van der Waals surface area contributed by atoms with Gasteiger partial charge < -0.3 is 9.80 Å². The molecule has 2 aromatic rings. The molecule has 0 radical (unpaired) electrons. The minimum Gasteiger partial charge on any atom is -0.370 e. The van der Waals surface area contributed by atoms with Crippen LogP contribution in [0.5, 0.6) is 0 Å². The largest absolute Gasteiger partial charge is 0.370 e. The van der Waals surface area contributed by atoms with Crippen LogP contribution < -0.4 is 4.90 Å². The zero-order valence-corrected chi connectivity index (χ0v) is 17.8. The third kappa shape index (κ3) is 5.60. The van der Waals surface area contributed by atoms with Crippen molar-refractivity contribution in [2.45, 2.75) is 45.4 Å². The van der Waals surface area contributed by atoms with E-state index in [-0.39, 0.29) is 11.3 Å². The van der Waals surface area contributed by atoms with Gasteiger partial charge in [-0.3, -0.25) is 4.79 Å². The first-order chi connectivity index (χ1) is 13.9. The van der Waals surface area contributed by atoms with E-state index in [2.05, 4.69) is 56.0 Å². The van der Waals surface area contributed by atoms with Crippen molar-refractivity contribution in [3.63, 3.8) is 0 Å². The van der Waals surface area contributed by atoms with E-state index in [1.807, 2.05) is 29.2 Å². The van der Waals surface area contributed by atoms with E-state index in [0.29, 0.717) is 12.0 Å². The molecule has 3 rings (SSSR count). The van der Waals surface area contributed by atoms with Crippen LogP contribution in [-0.4, -0.2) is 37.0 Å². The van der Waals surface area contributed by atoms with Gasteiger partial charge in [0.25, 0.3) is 0 Å². The van der Waals surface area contributed by atoms with Crippen molar-refractivity contribution >= 4 is 11.6 Å². The highest BCUT2D eigenvalue weighted by Crippen LogP contribution is 2.23. The zero-order valence-electron chi connectivity index (χ0n) is 17.8. The van der Waals surface area contributed by atoms with Crippen LogP contribution in [-0.2, 0) is 16.6 Å². The Bertz CT molecular complexity index is 857. The van der Waals surface area contributed by atoms with Gasteiger partial charge in [0.2, 0.25) is 5.91 Å². The SMILES string of the molecule is CC(C)(C)c1ccc(CCC(=O)N2CCCN(c3ccc(C#N)cc3)CC2)cc1. The summed E-state index contributed by atoms with van der Waals surface area (Å²) in [6.45, 7) is 9.97. The van der Waals surface area contributed by atoms with Gasteiger partial charge in [-0.05, 0) is 53.6 Å². The molecule has 29 heavy (non-hydrogen) atoms. The molecule has 4 heteroatoms. The molecule has 0 atom stereocenters. The molecule has 2 aromatic carbocycles. The lowest BCUT2D eigenvalue weighted by Crippen LogP contribution is -2.35. The molecule has 0 unspecified atom stereocenters. The van der Waals surface area contributed by atoms with Crippen molar-refractivity contribution in [3.8, 4) is 6.07 Å². The second-order valence-corrected chi connectivity index (χ2v) is 8.83. The van der Waals surface area contributed by atoms with Crippen LogP contribution in [0.2, 0.25) is 0 Å². The van der Waals surface area contributed by atoms with Gasteiger partial charge in [-0.15, -0.1) is 0 Å². The lowest BCUT2D eigenvalue weighted by molar-refractivity contribution is -0.130. The van der Waals surface area contributed by atoms with Crippen molar-refractivity contribution in [1.82, 2.24) is 4.90 Å². The average molecular weight is 390 g/mol. The van der Waals surface area contributed by atoms with Crippen LogP contribution in [0.3, 0.4) is 0 Å². The summed E-state index contributed by atoms with van der Waals surface area (Å²) >= 11 is 0. The summed E-state index contributed by atoms with van der Waals surface area (Å²) in [5, 5.41) is 8.95. The molecule has 1 aliphatic rings. The molecular weight excluding hydrogens is 358 g/mol. The maximum atomic E-state index is 12.7. The predicted molar refractivity (Wildman–Crippen MR) is 118 cm³/mol. The second-order valence-electron chi connectivity index (χ2n) is 8.83. The number of hydrogen-bond donors (Lipinski definition) is 0. The number of hydrogen-bond acceptors (Lipinski definition) is 3. The van der Waals surface area contributed by atoms with E-state index < -0.39 is 0 Å². The van der Waals surface area contributed by atoms with Gasteiger partial charge in [-0.2, -0.15) is 5.26 Å². The molecule has 1 fully saturated rings. The van der Waals surface area contributed by atoms with Gasteiger partial charge in [0, 0.05) is 38.3 Å². The highest BCUT2D eigenvalue weighted by Gasteiger charge is 2.19. The molecule has 152 valence electrons. The maximum Gasteiger partial charge on any atom is 0.222 e.